The lowest BCUT2D eigenvalue weighted by atomic mass is 10.0. The molecule has 4 nitrogen and oxygen atoms in total. The summed E-state index contributed by atoms with van der Waals surface area (Å²) in [4.78, 5) is 4.62. The molecule has 35 heavy (non-hydrogen) atoms. The van der Waals surface area contributed by atoms with Gasteiger partial charge in [0.05, 0.1) is 16.7 Å². The highest BCUT2D eigenvalue weighted by Gasteiger charge is 2.19. The van der Waals surface area contributed by atoms with Gasteiger partial charge >= 0.3 is 0 Å². The molecule has 0 fully saturated rings. The van der Waals surface area contributed by atoms with Crippen LogP contribution in [0.25, 0.3) is 71.7 Å². The fourth-order valence-corrected chi connectivity index (χ4v) is 5.36. The largest absolute Gasteiger partial charge is 0.456 e. The first-order chi connectivity index (χ1) is 17.3. The highest BCUT2D eigenvalue weighted by molar-refractivity contribution is 6.17. The zero-order chi connectivity index (χ0) is 22.9. The zero-order valence-electron chi connectivity index (χ0n) is 18.6. The van der Waals surface area contributed by atoms with Crippen molar-refractivity contribution in [2.75, 3.05) is 0 Å². The molecule has 3 aromatic heterocycles. The van der Waals surface area contributed by atoms with Gasteiger partial charge < -0.3 is 13.4 Å². The Hall–Kier alpha value is -4.83. The molecule has 0 saturated carbocycles. The first-order valence-electron chi connectivity index (χ1n) is 11.6. The number of benzene rings is 5. The Balaban J connectivity index is 1.55. The van der Waals surface area contributed by atoms with Gasteiger partial charge in [0, 0.05) is 21.5 Å². The summed E-state index contributed by atoms with van der Waals surface area (Å²) in [6.45, 7) is 0. The fourth-order valence-electron chi connectivity index (χ4n) is 5.36. The number of nitrogens with zero attached hydrogens (tertiary/aromatic N) is 2. The molecule has 0 amide bonds. The van der Waals surface area contributed by atoms with E-state index in [0.29, 0.717) is 0 Å². The molecule has 0 aliphatic heterocycles. The number of aromatic nitrogens is 2. The van der Waals surface area contributed by atoms with Crippen molar-refractivity contribution in [1.82, 2.24) is 9.55 Å². The van der Waals surface area contributed by atoms with Gasteiger partial charge in [0.15, 0.2) is 12.0 Å². The molecule has 5 aromatic carbocycles. The van der Waals surface area contributed by atoms with Crippen LogP contribution in [-0.2, 0) is 0 Å². The van der Waals surface area contributed by atoms with E-state index < -0.39 is 0 Å². The van der Waals surface area contributed by atoms with E-state index in [1.165, 1.54) is 11.8 Å². The molecule has 8 rings (SSSR count). The van der Waals surface area contributed by atoms with Crippen LogP contribution in [0, 0.1) is 0 Å². The molecule has 0 radical (unpaired) electrons. The van der Waals surface area contributed by atoms with Gasteiger partial charge in [0.25, 0.3) is 0 Å². The molecule has 0 spiro atoms. The Morgan fingerprint density at radius 3 is 2.26 bits per heavy atom. The van der Waals surface area contributed by atoms with Gasteiger partial charge in [-0.2, -0.15) is 0 Å². The summed E-state index contributed by atoms with van der Waals surface area (Å²) in [7, 11) is 0. The predicted octanol–water partition coefficient (Wildman–Crippen LogP) is 8.49. The molecule has 0 aliphatic rings. The highest BCUT2D eigenvalue weighted by Crippen LogP contribution is 2.40. The topological polar surface area (TPSA) is 44.1 Å². The molecule has 0 atom stereocenters. The maximum Gasteiger partial charge on any atom is 0.182 e. The van der Waals surface area contributed by atoms with Crippen molar-refractivity contribution in [3.8, 4) is 16.8 Å². The minimum absolute atomic E-state index is 0.766. The second-order valence-corrected chi connectivity index (χ2v) is 8.88. The minimum Gasteiger partial charge on any atom is -0.456 e. The smallest absolute Gasteiger partial charge is 0.182 e. The van der Waals surface area contributed by atoms with Crippen molar-refractivity contribution >= 4 is 54.8 Å². The van der Waals surface area contributed by atoms with Crippen LogP contribution < -0.4 is 0 Å². The number of hydrogen-bond donors (Lipinski definition) is 0. The van der Waals surface area contributed by atoms with E-state index in [0.717, 1.165) is 66.3 Å². The van der Waals surface area contributed by atoms with Crippen LogP contribution in [0.3, 0.4) is 0 Å². The number of furan rings is 1. The first kappa shape index (κ1) is 18.6. The van der Waals surface area contributed by atoms with Crippen molar-refractivity contribution in [1.29, 1.82) is 0 Å². The maximum atomic E-state index is 6.22. The van der Waals surface area contributed by atoms with Crippen molar-refractivity contribution in [2.45, 2.75) is 0 Å². The van der Waals surface area contributed by atoms with Crippen LogP contribution in [0.1, 0.15) is 0 Å². The van der Waals surface area contributed by atoms with Gasteiger partial charge in [0.1, 0.15) is 16.7 Å². The van der Waals surface area contributed by atoms with E-state index >= 15 is 0 Å². The van der Waals surface area contributed by atoms with Crippen molar-refractivity contribution in [3.63, 3.8) is 0 Å². The molecule has 0 bridgehead atoms. The number of oxazole rings is 1. The summed E-state index contributed by atoms with van der Waals surface area (Å²) >= 11 is 0. The highest BCUT2D eigenvalue weighted by atomic mass is 16.3. The van der Waals surface area contributed by atoms with Gasteiger partial charge in [-0.05, 0) is 47.5 Å². The lowest BCUT2D eigenvalue weighted by Crippen LogP contribution is -1.96. The van der Waals surface area contributed by atoms with E-state index in [1.807, 2.05) is 18.2 Å². The van der Waals surface area contributed by atoms with Gasteiger partial charge in [0.2, 0.25) is 0 Å². The minimum atomic E-state index is 0.766. The molecule has 8 aromatic rings. The van der Waals surface area contributed by atoms with Crippen molar-refractivity contribution in [2.24, 2.45) is 0 Å². The summed E-state index contributed by atoms with van der Waals surface area (Å²) in [5, 5.41) is 4.54. The standard InChI is InChI=1S/C31H18N2O2/c1-2-8-19(9-3-1)20-14-27(31-30(15-20)34-18-32-31)33-25-12-6-4-10-21(25)23-17-29-24(16-26(23)33)22-11-5-7-13-28(22)35-29/h1-18H. The van der Waals surface area contributed by atoms with E-state index in [-0.39, 0.29) is 0 Å². The van der Waals surface area contributed by atoms with Gasteiger partial charge in [-0.25, -0.2) is 4.98 Å². The molecule has 164 valence electrons. The third-order valence-electron chi connectivity index (χ3n) is 6.94. The number of hydrogen-bond acceptors (Lipinski definition) is 3. The van der Waals surface area contributed by atoms with E-state index in [9.17, 15) is 0 Å². The summed E-state index contributed by atoms with van der Waals surface area (Å²) in [6, 6.07) is 35.8. The van der Waals surface area contributed by atoms with Crippen molar-refractivity contribution < 1.29 is 8.83 Å². The monoisotopic (exact) mass is 450 g/mol. The maximum absolute atomic E-state index is 6.22. The molecular weight excluding hydrogens is 432 g/mol. The Morgan fingerprint density at radius 2 is 1.34 bits per heavy atom. The summed E-state index contributed by atoms with van der Waals surface area (Å²) in [6.07, 6.45) is 1.53. The number of fused-ring (bicyclic) bond motifs is 7. The average molecular weight is 450 g/mol. The quantitative estimate of drug-likeness (QED) is 0.265. The Bertz CT molecular complexity index is 2060. The van der Waals surface area contributed by atoms with Gasteiger partial charge in [-0.1, -0.05) is 66.7 Å². The molecule has 3 heterocycles. The summed E-state index contributed by atoms with van der Waals surface area (Å²) in [5.41, 5.74) is 8.85. The van der Waals surface area contributed by atoms with Crippen LogP contribution in [0.5, 0.6) is 0 Å². The Morgan fingerprint density at radius 1 is 0.543 bits per heavy atom. The summed E-state index contributed by atoms with van der Waals surface area (Å²) < 4.78 is 14.4. The van der Waals surface area contributed by atoms with E-state index in [2.05, 4.69) is 94.5 Å². The Kier molecular flexibility index (Phi) is 3.63. The SMILES string of the molecule is c1ccc(-c2cc(-n3c4ccccc4c4cc5oc6ccccc6c5cc43)c3ncoc3c2)cc1. The van der Waals surface area contributed by atoms with E-state index in [1.54, 1.807) is 0 Å². The molecular formula is C31H18N2O2. The fraction of sp³-hybridized carbons (Fsp3) is 0. The van der Waals surface area contributed by atoms with Crippen LogP contribution in [0.15, 0.2) is 118 Å². The Labute approximate surface area is 199 Å². The average Bonchev–Trinajstić information content (AvgIpc) is 3.61. The molecule has 0 saturated heterocycles. The predicted molar refractivity (Wildman–Crippen MR) is 141 cm³/mol. The third-order valence-corrected chi connectivity index (χ3v) is 6.94. The zero-order valence-corrected chi connectivity index (χ0v) is 18.6. The normalized spacial score (nSPS) is 12.0. The molecule has 0 unspecified atom stereocenters. The second-order valence-electron chi connectivity index (χ2n) is 8.88. The second kappa shape index (κ2) is 6.84. The lowest BCUT2D eigenvalue weighted by molar-refractivity contribution is 0.602. The molecule has 0 aliphatic carbocycles. The van der Waals surface area contributed by atoms with Crippen LogP contribution in [0.4, 0.5) is 0 Å². The number of rotatable bonds is 2. The van der Waals surface area contributed by atoms with Crippen LogP contribution >= 0.6 is 0 Å². The molecule has 4 heteroatoms. The lowest BCUT2D eigenvalue weighted by Gasteiger charge is -2.11. The van der Waals surface area contributed by atoms with Crippen LogP contribution in [-0.4, -0.2) is 9.55 Å². The van der Waals surface area contributed by atoms with Gasteiger partial charge in [-0.15, -0.1) is 0 Å². The third kappa shape index (κ3) is 2.59. The molecule has 0 N–H and O–H groups in total. The number of para-hydroxylation sites is 2. The van der Waals surface area contributed by atoms with Crippen molar-refractivity contribution in [3.05, 3.63) is 110 Å². The van der Waals surface area contributed by atoms with E-state index in [4.69, 9.17) is 8.83 Å². The van der Waals surface area contributed by atoms with Crippen LogP contribution in [0.2, 0.25) is 0 Å². The first-order valence-corrected chi connectivity index (χ1v) is 11.6. The summed E-state index contributed by atoms with van der Waals surface area (Å²) in [5.74, 6) is 0. The van der Waals surface area contributed by atoms with Gasteiger partial charge in [-0.3, -0.25) is 0 Å².